The van der Waals surface area contributed by atoms with Gasteiger partial charge in [-0.3, -0.25) is 5.01 Å². The monoisotopic (exact) mass is 337 g/mol. The van der Waals surface area contributed by atoms with Gasteiger partial charge in [-0.25, -0.2) is 4.79 Å². The summed E-state index contributed by atoms with van der Waals surface area (Å²) >= 11 is 0. The smallest absolute Gasteiger partial charge is 0.386 e. The zero-order valence-corrected chi connectivity index (χ0v) is 13.2. The number of carbonyl (C=O) groups is 1. The van der Waals surface area contributed by atoms with E-state index in [2.05, 4.69) is 9.84 Å². The number of rotatable bonds is 5. The fraction of sp³-hybridized carbons (Fsp3) is 0.438. The van der Waals surface area contributed by atoms with Crippen molar-refractivity contribution in [2.75, 3.05) is 32.9 Å². The van der Waals surface area contributed by atoms with Crippen LogP contribution in [0.5, 0.6) is 0 Å². The highest BCUT2D eigenvalue weighted by Crippen LogP contribution is 2.24. The van der Waals surface area contributed by atoms with Crippen LogP contribution in [-0.4, -0.2) is 55.5 Å². The second kappa shape index (κ2) is 7.84. The molecule has 8 heteroatoms. The molecule has 0 spiro atoms. The van der Waals surface area contributed by atoms with Gasteiger partial charge in [0.05, 0.1) is 44.5 Å². The molecule has 0 saturated carbocycles. The number of hydrogen-bond donors (Lipinski definition) is 0. The molecule has 128 valence electrons. The van der Waals surface area contributed by atoms with Crippen molar-refractivity contribution >= 4 is 11.7 Å². The Morgan fingerprint density at radius 2 is 2.00 bits per heavy atom. The van der Waals surface area contributed by atoms with E-state index >= 15 is 0 Å². The number of nitrogens with zero attached hydrogens (tertiary/aromatic N) is 3. The van der Waals surface area contributed by atoms with Crippen LogP contribution < -0.4 is 0 Å². The van der Waals surface area contributed by atoms with Crippen LogP contribution in [-0.2, 0) is 14.3 Å². The summed E-state index contributed by atoms with van der Waals surface area (Å²) in [6.45, 7) is 2.72. The summed E-state index contributed by atoms with van der Waals surface area (Å²) in [5.41, 5.74) is -0.324. The maximum atomic E-state index is 14.6. The van der Waals surface area contributed by atoms with E-state index in [0.717, 1.165) is 0 Å². The van der Waals surface area contributed by atoms with Crippen molar-refractivity contribution in [1.29, 1.82) is 5.26 Å². The molecule has 0 radical (unpaired) electrons. The molecule has 1 aromatic rings. The summed E-state index contributed by atoms with van der Waals surface area (Å²) in [7, 11) is 0. The predicted molar refractivity (Wildman–Crippen MR) is 81.7 cm³/mol. The standard InChI is InChI=1S/C16H17F2N3O3/c1-2-24-15(22)16(17,18)14(20-21-7-9-23-10-8-21)13-5-3-12(11-19)4-6-13/h3-6H,2,7-10H2,1H3/b20-14+. The van der Waals surface area contributed by atoms with Crippen molar-refractivity contribution in [1.82, 2.24) is 5.01 Å². The molecule has 6 nitrogen and oxygen atoms in total. The third kappa shape index (κ3) is 4.06. The van der Waals surface area contributed by atoms with E-state index in [-0.39, 0.29) is 12.2 Å². The molecule has 1 aliphatic heterocycles. The Balaban J connectivity index is 2.41. The lowest BCUT2D eigenvalue weighted by Gasteiger charge is -2.26. The first kappa shape index (κ1) is 17.8. The van der Waals surface area contributed by atoms with Crippen molar-refractivity contribution in [2.24, 2.45) is 5.10 Å². The average molecular weight is 337 g/mol. The summed E-state index contributed by atoms with van der Waals surface area (Å²) in [5.74, 6) is -5.55. The minimum atomic E-state index is -3.90. The Hall–Kier alpha value is -2.53. The summed E-state index contributed by atoms with van der Waals surface area (Å²) in [6, 6.07) is 7.38. The molecule has 0 aromatic heterocycles. The maximum absolute atomic E-state index is 14.6. The van der Waals surface area contributed by atoms with Crippen molar-refractivity contribution in [2.45, 2.75) is 12.8 Å². The average Bonchev–Trinajstić information content (AvgIpc) is 2.61. The van der Waals surface area contributed by atoms with Gasteiger partial charge < -0.3 is 9.47 Å². The van der Waals surface area contributed by atoms with Gasteiger partial charge in [0.15, 0.2) is 0 Å². The minimum absolute atomic E-state index is 0.0542. The van der Waals surface area contributed by atoms with Gasteiger partial charge in [-0.15, -0.1) is 0 Å². The SMILES string of the molecule is CCOC(=O)C(F)(F)/C(=N/N1CCOCC1)c1ccc(C#N)cc1. The summed E-state index contributed by atoms with van der Waals surface area (Å²) in [5, 5.41) is 14.2. The van der Waals surface area contributed by atoms with Crippen LogP contribution in [0, 0.1) is 11.3 Å². The van der Waals surface area contributed by atoms with Gasteiger partial charge in [0.2, 0.25) is 0 Å². The fourth-order valence-electron chi connectivity index (χ4n) is 2.12. The number of halogens is 2. The lowest BCUT2D eigenvalue weighted by Crippen LogP contribution is -2.43. The first-order chi connectivity index (χ1) is 11.5. The third-order valence-electron chi connectivity index (χ3n) is 3.35. The minimum Gasteiger partial charge on any atom is -0.461 e. The van der Waals surface area contributed by atoms with Crippen LogP contribution in [0.15, 0.2) is 29.4 Å². The van der Waals surface area contributed by atoms with Gasteiger partial charge in [-0.1, -0.05) is 12.1 Å². The molecule has 0 unspecified atom stereocenters. The number of nitriles is 1. The molecule has 0 bridgehead atoms. The van der Waals surface area contributed by atoms with Crippen molar-refractivity contribution < 1.29 is 23.0 Å². The van der Waals surface area contributed by atoms with Gasteiger partial charge in [0.1, 0.15) is 5.71 Å². The van der Waals surface area contributed by atoms with Crippen molar-refractivity contribution in [3.63, 3.8) is 0 Å². The second-order valence-corrected chi connectivity index (χ2v) is 5.00. The van der Waals surface area contributed by atoms with E-state index in [1.165, 1.54) is 36.2 Å². The van der Waals surface area contributed by atoms with Gasteiger partial charge >= 0.3 is 11.9 Å². The number of carbonyl (C=O) groups excluding carboxylic acids is 1. The Bertz CT molecular complexity index is 648. The van der Waals surface area contributed by atoms with E-state index < -0.39 is 17.6 Å². The van der Waals surface area contributed by atoms with Crippen LogP contribution in [0.3, 0.4) is 0 Å². The quantitative estimate of drug-likeness (QED) is 0.605. The Labute approximate surface area is 138 Å². The molecule has 1 aliphatic rings. The highest BCUT2D eigenvalue weighted by atomic mass is 19.3. The van der Waals surface area contributed by atoms with Gasteiger partial charge in [-0.2, -0.15) is 19.1 Å². The van der Waals surface area contributed by atoms with Crippen LogP contribution in [0.2, 0.25) is 0 Å². The number of hydrazone groups is 1. The highest BCUT2D eigenvalue weighted by Gasteiger charge is 2.47. The van der Waals surface area contributed by atoms with Crippen molar-refractivity contribution in [3.8, 4) is 6.07 Å². The topological polar surface area (TPSA) is 74.9 Å². The Kier molecular flexibility index (Phi) is 5.82. The van der Waals surface area contributed by atoms with E-state index in [9.17, 15) is 13.6 Å². The summed E-state index contributed by atoms with van der Waals surface area (Å²) in [6.07, 6.45) is 0. The van der Waals surface area contributed by atoms with Crippen LogP contribution in [0.1, 0.15) is 18.1 Å². The molecule has 1 heterocycles. The molecule has 0 amide bonds. The van der Waals surface area contributed by atoms with Crippen LogP contribution in [0.25, 0.3) is 0 Å². The van der Waals surface area contributed by atoms with E-state index in [1.54, 1.807) is 0 Å². The Morgan fingerprint density at radius 3 is 2.54 bits per heavy atom. The first-order valence-corrected chi connectivity index (χ1v) is 7.46. The van der Waals surface area contributed by atoms with Crippen LogP contribution in [0.4, 0.5) is 8.78 Å². The lowest BCUT2D eigenvalue weighted by molar-refractivity contribution is -0.162. The third-order valence-corrected chi connectivity index (χ3v) is 3.35. The summed E-state index contributed by atoms with van der Waals surface area (Å²) < 4.78 is 38.8. The molecule has 1 aromatic carbocycles. The Morgan fingerprint density at radius 1 is 1.38 bits per heavy atom. The molecule has 1 saturated heterocycles. The summed E-state index contributed by atoms with van der Waals surface area (Å²) in [4.78, 5) is 11.7. The van der Waals surface area contributed by atoms with Gasteiger partial charge in [0.25, 0.3) is 0 Å². The molecule has 0 N–H and O–H groups in total. The zero-order chi connectivity index (χ0) is 17.6. The van der Waals surface area contributed by atoms with Gasteiger partial charge in [-0.05, 0) is 19.1 Å². The molecule has 0 atom stereocenters. The maximum Gasteiger partial charge on any atom is 0.386 e. The van der Waals surface area contributed by atoms with Gasteiger partial charge in [0, 0.05) is 5.56 Å². The van der Waals surface area contributed by atoms with E-state index in [0.29, 0.717) is 31.9 Å². The van der Waals surface area contributed by atoms with Crippen LogP contribution >= 0.6 is 0 Å². The highest BCUT2D eigenvalue weighted by molar-refractivity contribution is 6.16. The number of benzene rings is 1. The van der Waals surface area contributed by atoms with Crippen molar-refractivity contribution in [3.05, 3.63) is 35.4 Å². The first-order valence-electron chi connectivity index (χ1n) is 7.46. The molecule has 1 fully saturated rings. The molecule has 24 heavy (non-hydrogen) atoms. The number of morpholine rings is 1. The molecule has 2 rings (SSSR count). The number of ether oxygens (including phenoxy) is 2. The fourth-order valence-corrected chi connectivity index (χ4v) is 2.12. The van der Waals surface area contributed by atoms with E-state index in [1.807, 2.05) is 6.07 Å². The largest absolute Gasteiger partial charge is 0.461 e. The molecular weight excluding hydrogens is 320 g/mol. The van der Waals surface area contributed by atoms with E-state index in [4.69, 9.17) is 10.00 Å². The number of alkyl halides is 2. The number of hydrogen-bond acceptors (Lipinski definition) is 6. The molecular formula is C16H17F2N3O3. The lowest BCUT2D eigenvalue weighted by atomic mass is 10.0. The second-order valence-electron chi connectivity index (χ2n) is 5.00. The predicted octanol–water partition coefficient (Wildman–Crippen LogP) is 1.79. The normalized spacial score (nSPS) is 15.8. The zero-order valence-electron chi connectivity index (χ0n) is 13.2. The number of esters is 1. The molecule has 0 aliphatic carbocycles.